The van der Waals surface area contributed by atoms with Gasteiger partial charge in [-0.2, -0.15) is 5.10 Å². The summed E-state index contributed by atoms with van der Waals surface area (Å²) in [6, 6.07) is 8.04. The van der Waals surface area contributed by atoms with Crippen LogP contribution < -0.4 is 11.0 Å². The van der Waals surface area contributed by atoms with Gasteiger partial charge >= 0.3 is 0 Å². The second kappa shape index (κ2) is 5.48. The molecule has 0 atom stereocenters. The quantitative estimate of drug-likeness (QED) is 0.513. The Hall–Kier alpha value is -2.89. The molecule has 0 aliphatic heterocycles. The molecule has 22 heavy (non-hydrogen) atoms. The predicted octanol–water partition coefficient (Wildman–Crippen LogP) is 2.62. The largest absolute Gasteiger partial charge is 0.358 e. The highest BCUT2D eigenvalue weighted by Gasteiger charge is 2.05. The van der Waals surface area contributed by atoms with Crippen molar-refractivity contribution in [1.82, 2.24) is 15.0 Å². The van der Waals surface area contributed by atoms with Crippen molar-refractivity contribution in [2.75, 3.05) is 5.43 Å². The van der Waals surface area contributed by atoms with Gasteiger partial charge in [-0.3, -0.25) is 9.78 Å². The highest BCUT2D eigenvalue weighted by Crippen LogP contribution is 2.19. The van der Waals surface area contributed by atoms with Crippen LogP contribution in [0.25, 0.3) is 10.9 Å². The summed E-state index contributed by atoms with van der Waals surface area (Å²) in [5.74, 6) is 0.335. The van der Waals surface area contributed by atoms with Crippen LogP contribution in [0.3, 0.4) is 0 Å². The number of benzene rings is 1. The summed E-state index contributed by atoms with van der Waals surface area (Å²) < 4.78 is 0. The van der Waals surface area contributed by atoms with E-state index in [1.165, 1.54) is 0 Å². The standard InChI is InChI=1S/C16H17N5O/c1-9-10(2)19-16(20-15(9)22)21-17-8-13-11(3)18-14-7-5-4-6-12(13)14/h4-8,18H,1-3H3,(H2,19,20,21,22)/b17-8-. The minimum Gasteiger partial charge on any atom is -0.358 e. The molecule has 0 amide bonds. The van der Waals surface area contributed by atoms with Crippen molar-refractivity contribution >= 4 is 23.1 Å². The fourth-order valence-electron chi connectivity index (χ4n) is 2.32. The molecule has 0 fully saturated rings. The number of aromatic nitrogens is 3. The second-order valence-corrected chi connectivity index (χ2v) is 5.20. The molecule has 3 rings (SSSR count). The first-order chi connectivity index (χ1) is 10.6. The molecule has 6 nitrogen and oxygen atoms in total. The van der Waals surface area contributed by atoms with E-state index in [1.54, 1.807) is 20.1 Å². The number of hydrazone groups is 1. The number of rotatable bonds is 3. The predicted molar refractivity (Wildman–Crippen MR) is 88.6 cm³/mol. The Bertz CT molecular complexity index is 920. The fraction of sp³-hybridized carbons (Fsp3) is 0.188. The number of aryl methyl sites for hydroxylation is 2. The Morgan fingerprint density at radius 3 is 2.73 bits per heavy atom. The van der Waals surface area contributed by atoms with Gasteiger partial charge in [0.2, 0.25) is 5.95 Å². The van der Waals surface area contributed by atoms with Gasteiger partial charge in [0.15, 0.2) is 0 Å². The molecular formula is C16H17N5O. The number of nitrogens with zero attached hydrogens (tertiary/aromatic N) is 2. The van der Waals surface area contributed by atoms with Gasteiger partial charge in [-0.05, 0) is 26.8 Å². The zero-order valence-corrected chi connectivity index (χ0v) is 12.7. The Kier molecular flexibility index (Phi) is 3.50. The van der Waals surface area contributed by atoms with Crippen molar-refractivity contribution in [3.05, 3.63) is 57.1 Å². The zero-order chi connectivity index (χ0) is 15.7. The Balaban J connectivity index is 1.88. The maximum Gasteiger partial charge on any atom is 0.255 e. The first-order valence-electron chi connectivity index (χ1n) is 7.00. The van der Waals surface area contributed by atoms with Crippen LogP contribution in [0.15, 0.2) is 34.2 Å². The van der Waals surface area contributed by atoms with E-state index in [9.17, 15) is 4.79 Å². The van der Waals surface area contributed by atoms with Crippen molar-refractivity contribution < 1.29 is 0 Å². The number of hydrogen-bond donors (Lipinski definition) is 3. The Morgan fingerprint density at radius 2 is 1.95 bits per heavy atom. The van der Waals surface area contributed by atoms with Gasteiger partial charge in [0.05, 0.1) is 6.21 Å². The van der Waals surface area contributed by atoms with Crippen LogP contribution in [0, 0.1) is 20.8 Å². The first-order valence-corrected chi connectivity index (χ1v) is 7.00. The lowest BCUT2D eigenvalue weighted by atomic mass is 10.1. The van der Waals surface area contributed by atoms with Gasteiger partial charge in [-0.15, -0.1) is 0 Å². The van der Waals surface area contributed by atoms with Crippen molar-refractivity contribution in [2.24, 2.45) is 5.10 Å². The summed E-state index contributed by atoms with van der Waals surface area (Å²) in [5.41, 5.74) is 7.02. The van der Waals surface area contributed by atoms with E-state index < -0.39 is 0 Å². The molecule has 3 N–H and O–H groups in total. The van der Waals surface area contributed by atoms with Gasteiger partial charge < -0.3 is 4.98 Å². The summed E-state index contributed by atoms with van der Waals surface area (Å²) in [4.78, 5) is 21.9. The molecule has 0 spiro atoms. The Morgan fingerprint density at radius 1 is 1.18 bits per heavy atom. The van der Waals surface area contributed by atoms with E-state index in [-0.39, 0.29) is 5.56 Å². The third-order valence-electron chi connectivity index (χ3n) is 3.70. The fourth-order valence-corrected chi connectivity index (χ4v) is 2.32. The molecule has 0 aliphatic carbocycles. The maximum absolute atomic E-state index is 11.7. The lowest BCUT2D eigenvalue weighted by Crippen LogP contribution is -2.15. The summed E-state index contributed by atoms with van der Waals surface area (Å²) in [5, 5.41) is 5.28. The summed E-state index contributed by atoms with van der Waals surface area (Å²) in [7, 11) is 0. The highest BCUT2D eigenvalue weighted by molar-refractivity contribution is 6.00. The molecule has 0 bridgehead atoms. The normalized spacial score (nSPS) is 11.4. The number of anilines is 1. The van der Waals surface area contributed by atoms with E-state index in [2.05, 4.69) is 25.5 Å². The molecule has 1 aromatic carbocycles. The molecule has 0 aliphatic rings. The van der Waals surface area contributed by atoms with Gasteiger partial charge in [0, 0.05) is 33.4 Å². The van der Waals surface area contributed by atoms with Crippen LogP contribution in [0.2, 0.25) is 0 Å². The molecule has 2 aromatic heterocycles. The highest BCUT2D eigenvalue weighted by atomic mass is 16.1. The Labute approximate surface area is 127 Å². The minimum atomic E-state index is -0.159. The van der Waals surface area contributed by atoms with Crippen molar-refractivity contribution in [3.63, 3.8) is 0 Å². The lowest BCUT2D eigenvalue weighted by molar-refractivity contribution is 1.01. The summed E-state index contributed by atoms with van der Waals surface area (Å²) in [6.45, 7) is 5.53. The van der Waals surface area contributed by atoms with Gasteiger partial charge in [0.1, 0.15) is 0 Å². The molecule has 0 unspecified atom stereocenters. The lowest BCUT2D eigenvalue weighted by Gasteiger charge is -2.02. The number of nitrogens with one attached hydrogen (secondary N) is 3. The van der Waals surface area contributed by atoms with Crippen molar-refractivity contribution in [2.45, 2.75) is 20.8 Å². The molecule has 0 saturated carbocycles. The van der Waals surface area contributed by atoms with Crippen LogP contribution >= 0.6 is 0 Å². The van der Waals surface area contributed by atoms with E-state index in [1.807, 2.05) is 31.2 Å². The SMILES string of the molecule is Cc1nc(N/N=C\c2c(C)[nH]c3ccccc23)[nH]c(=O)c1C. The van der Waals surface area contributed by atoms with E-state index in [0.717, 1.165) is 22.2 Å². The topological polar surface area (TPSA) is 85.9 Å². The van der Waals surface area contributed by atoms with E-state index in [0.29, 0.717) is 17.2 Å². The van der Waals surface area contributed by atoms with E-state index in [4.69, 9.17) is 0 Å². The molecular weight excluding hydrogens is 278 g/mol. The number of hydrogen-bond acceptors (Lipinski definition) is 4. The molecule has 2 heterocycles. The molecule has 112 valence electrons. The first kappa shape index (κ1) is 14.1. The number of para-hydroxylation sites is 1. The van der Waals surface area contributed by atoms with E-state index >= 15 is 0 Å². The molecule has 0 radical (unpaired) electrons. The number of H-pyrrole nitrogens is 2. The van der Waals surface area contributed by atoms with Crippen molar-refractivity contribution in [3.8, 4) is 0 Å². The average Bonchev–Trinajstić information content (AvgIpc) is 2.81. The van der Waals surface area contributed by atoms with Gasteiger partial charge in [-0.25, -0.2) is 10.4 Å². The molecule has 3 aromatic rings. The smallest absolute Gasteiger partial charge is 0.255 e. The van der Waals surface area contributed by atoms with Crippen LogP contribution in [0.5, 0.6) is 0 Å². The number of fused-ring (bicyclic) bond motifs is 1. The zero-order valence-electron chi connectivity index (χ0n) is 12.7. The third kappa shape index (κ3) is 2.50. The summed E-state index contributed by atoms with van der Waals surface area (Å²) >= 11 is 0. The van der Waals surface area contributed by atoms with Crippen LogP contribution in [0.4, 0.5) is 5.95 Å². The van der Waals surface area contributed by atoms with Crippen LogP contribution in [-0.2, 0) is 0 Å². The van der Waals surface area contributed by atoms with Crippen LogP contribution in [0.1, 0.15) is 22.5 Å². The summed E-state index contributed by atoms with van der Waals surface area (Å²) in [6.07, 6.45) is 1.73. The number of aromatic amines is 2. The minimum absolute atomic E-state index is 0.159. The molecule has 6 heteroatoms. The maximum atomic E-state index is 11.7. The molecule has 0 saturated heterocycles. The third-order valence-corrected chi connectivity index (χ3v) is 3.70. The van der Waals surface area contributed by atoms with Crippen molar-refractivity contribution in [1.29, 1.82) is 0 Å². The average molecular weight is 295 g/mol. The van der Waals surface area contributed by atoms with Crippen LogP contribution in [-0.4, -0.2) is 21.2 Å². The van der Waals surface area contributed by atoms with Gasteiger partial charge in [-0.1, -0.05) is 18.2 Å². The second-order valence-electron chi connectivity index (χ2n) is 5.20. The van der Waals surface area contributed by atoms with Gasteiger partial charge in [0.25, 0.3) is 5.56 Å². The monoisotopic (exact) mass is 295 g/mol.